The number of nitrogens with zero attached hydrogens (tertiary/aromatic N) is 1. The molecular formula is C9H11NO4. The number of aromatic hydroxyl groups is 1. The molecule has 1 heterocycles. The zero-order chi connectivity index (χ0) is 10.7. The van der Waals surface area contributed by atoms with Gasteiger partial charge < -0.3 is 20.1 Å². The van der Waals surface area contributed by atoms with E-state index in [1.165, 1.54) is 29.8 Å². The number of carboxylic acid groups (broad SMARTS) is 1. The van der Waals surface area contributed by atoms with E-state index < -0.39 is 12.0 Å². The maximum absolute atomic E-state index is 10.6. The molecule has 5 heteroatoms. The molecule has 0 spiro atoms. The summed E-state index contributed by atoms with van der Waals surface area (Å²) >= 11 is 0. The molecule has 1 aromatic rings. The lowest BCUT2D eigenvalue weighted by atomic mass is 10.2. The molecule has 14 heavy (non-hydrogen) atoms. The molecule has 0 saturated carbocycles. The van der Waals surface area contributed by atoms with Crippen molar-refractivity contribution in [3.63, 3.8) is 0 Å². The summed E-state index contributed by atoms with van der Waals surface area (Å²) in [5.74, 6) is -1.33. The van der Waals surface area contributed by atoms with E-state index >= 15 is 0 Å². The first-order valence-electron chi connectivity index (χ1n) is 4.11. The predicted molar refractivity (Wildman–Crippen MR) is 43.9 cm³/mol. The Bertz CT molecular complexity index is 351. The minimum atomic E-state index is -1.27. The summed E-state index contributed by atoms with van der Waals surface area (Å²) in [7, 11) is 0. The summed E-state index contributed by atoms with van der Waals surface area (Å²) in [6.07, 6.45) is 1.24. The molecule has 1 unspecified atom stereocenters. The molecule has 0 radical (unpaired) electrons. The molecule has 0 amide bonds. The highest BCUT2D eigenvalue weighted by molar-refractivity contribution is 5.66. The van der Waals surface area contributed by atoms with E-state index in [2.05, 4.69) is 0 Å². The van der Waals surface area contributed by atoms with Gasteiger partial charge in [-0.25, -0.2) is 0 Å². The van der Waals surface area contributed by atoms with Crippen LogP contribution in [-0.2, 0) is 11.4 Å². The van der Waals surface area contributed by atoms with Crippen molar-refractivity contribution in [3.8, 4) is 5.75 Å². The largest absolute Gasteiger partial charge is 0.543 e. The highest BCUT2D eigenvalue weighted by Crippen LogP contribution is 2.07. The fourth-order valence-electron chi connectivity index (χ4n) is 1.14. The van der Waals surface area contributed by atoms with Crippen molar-refractivity contribution in [2.75, 3.05) is 0 Å². The number of pyridine rings is 1. The van der Waals surface area contributed by atoms with E-state index in [9.17, 15) is 9.90 Å². The molecule has 76 valence electrons. The predicted octanol–water partition coefficient (Wildman–Crippen LogP) is -1.52. The van der Waals surface area contributed by atoms with Crippen LogP contribution in [0.2, 0.25) is 0 Å². The van der Waals surface area contributed by atoms with Gasteiger partial charge in [-0.05, 0) is 6.07 Å². The first kappa shape index (κ1) is 10.5. The van der Waals surface area contributed by atoms with Gasteiger partial charge in [-0.1, -0.05) is 0 Å². The van der Waals surface area contributed by atoms with Gasteiger partial charge in [0.15, 0.2) is 11.8 Å². The second kappa shape index (κ2) is 4.06. The van der Waals surface area contributed by atoms with Crippen LogP contribution in [0.25, 0.3) is 0 Å². The Labute approximate surface area is 80.9 Å². The van der Waals surface area contributed by atoms with Gasteiger partial charge in [0.1, 0.15) is 12.6 Å². The third-order valence-corrected chi connectivity index (χ3v) is 1.97. The van der Waals surface area contributed by atoms with Gasteiger partial charge in [0, 0.05) is 13.0 Å². The maximum Gasteiger partial charge on any atom is 0.211 e. The van der Waals surface area contributed by atoms with E-state index in [1.807, 2.05) is 0 Å². The molecule has 0 bridgehead atoms. The molecule has 0 aliphatic rings. The standard InChI is InChI=1S/C9H11NO4/c1-6(9(13)14)10-4-8(12)3-2-7(10)5-11/h2-4,6,11H,5H2,1H3,(H-,12,13,14). The Balaban J connectivity index is 3.16. The highest BCUT2D eigenvalue weighted by Gasteiger charge is 2.19. The lowest BCUT2D eigenvalue weighted by Crippen LogP contribution is -2.50. The van der Waals surface area contributed by atoms with Gasteiger partial charge in [0.25, 0.3) is 0 Å². The van der Waals surface area contributed by atoms with Crippen LogP contribution in [-0.4, -0.2) is 16.2 Å². The van der Waals surface area contributed by atoms with Crippen molar-refractivity contribution < 1.29 is 24.7 Å². The van der Waals surface area contributed by atoms with Crippen molar-refractivity contribution in [1.82, 2.24) is 0 Å². The summed E-state index contributed by atoms with van der Waals surface area (Å²) < 4.78 is 1.25. The number of aliphatic carboxylic acids is 1. The Morgan fingerprint density at radius 1 is 1.64 bits per heavy atom. The number of aliphatic hydroxyl groups excluding tert-OH is 1. The molecule has 0 fully saturated rings. The number of rotatable bonds is 3. The fraction of sp³-hybridized carbons (Fsp3) is 0.333. The zero-order valence-electron chi connectivity index (χ0n) is 7.67. The van der Waals surface area contributed by atoms with Crippen molar-refractivity contribution >= 4 is 5.97 Å². The number of carboxylic acids is 1. The van der Waals surface area contributed by atoms with E-state index in [0.717, 1.165) is 0 Å². The molecule has 0 aliphatic carbocycles. The van der Waals surface area contributed by atoms with Gasteiger partial charge >= 0.3 is 0 Å². The van der Waals surface area contributed by atoms with Crippen LogP contribution in [0.1, 0.15) is 18.7 Å². The van der Waals surface area contributed by atoms with Crippen LogP contribution >= 0.6 is 0 Å². The molecule has 0 saturated heterocycles. The minimum absolute atomic E-state index is 0.0599. The lowest BCUT2D eigenvalue weighted by Gasteiger charge is -2.10. The van der Waals surface area contributed by atoms with Gasteiger partial charge in [0.05, 0.1) is 0 Å². The second-order valence-corrected chi connectivity index (χ2v) is 2.94. The van der Waals surface area contributed by atoms with Gasteiger partial charge in [-0.2, -0.15) is 4.57 Å². The normalized spacial score (nSPS) is 12.4. The van der Waals surface area contributed by atoms with Crippen LogP contribution in [0.5, 0.6) is 5.75 Å². The zero-order valence-corrected chi connectivity index (χ0v) is 7.67. The Hall–Kier alpha value is -1.62. The molecule has 1 rings (SSSR count). The van der Waals surface area contributed by atoms with E-state index in [-0.39, 0.29) is 12.4 Å². The topological polar surface area (TPSA) is 84.5 Å². The average Bonchev–Trinajstić information content (AvgIpc) is 2.16. The number of aromatic nitrogens is 1. The third-order valence-electron chi connectivity index (χ3n) is 1.97. The Kier molecular flexibility index (Phi) is 3.03. The third kappa shape index (κ3) is 2.00. The van der Waals surface area contributed by atoms with Crippen molar-refractivity contribution in [1.29, 1.82) is 0 Å². The van der Waals surface area contributed by atoms with Crippen LogP contribution in [0.3, 0.4) is 0 Å². The van der Waals surface area contributed by atoms with Crippen LogP contribution in [0.15, 0.2) is 18.3 Å². The quantitative estimate of drug-likeness (QED) is 0.576. The van der Waals surface area contributed by atoms with Crippen LogP contribution < -0.4 is 9.67 Å². The Morgan fingerprint density at radius 3 is 2.79 bits per heavy atom. The number of carbonyl (C=O) groups excluding carboxylic acids is 1. The van der Waals surface area contributed by atoms with E-state index in [1.54, 1.807) is 0 Å². The number of carbonyl (C=O) groups is 1. The van der Waals surface area contributed by atoms with Gasteiger partial charge in [-0.3, -0.25) is 0 Å². The molecule has 0 aliphatic heterocycles. The van der Waals surface area contributed by atoms with Gasteiger partial charge in [-0.15, -0.1) is 0 Å². The van der Waals surface area contributed by atoms with Crippen molar-refractivity contribution in [3.05, 3.63) is 24.0 Å². The van der Waals surface area contributed by atoms with E-state index in [4.69, 9.17) is 10.2 Å². The lowest BCUT2D eigenvalue weighted by molar-refractivity contribution is -0.721. The first-order valence-corrected chi connectivity index (χ1v) is 4.11. The fourth-order valence-corrected chi connectivity index (χ4v) is 1.14. The van der Waals surface area contributed by atoms with Crippen LogP contribution in [0.4, 0.5) is 0 Å². The summed E-state index contributed by atoms with van der Waals surface area (Å²) in [5, 5.41) is 28.7. The summed E-state index contributed by atoms with van der Waals surface area (Å²) in [5.41, 5.74) is 0.402. The monoisotopic (exact) mass is 197 g/mol. The molecular weight excluding hydrogens is 186 g/mol. The van der Waals surface area contributed by atoms with Crippen molar-refractivity contribution in [2.45, 2.75) is 19.6 Å². The van der Waals surface area contributed by atoms with Crippen molar-refractivity contribution in [2.24, 2.45) is 0 Å². The second-order valence-electron chi connectivity index (χ2n) is 2.94. The number of aliphatic hydroxyl groups is 1. The first-order chi connectivity index (χ1) is 6.56. The van der Waals surface area contributed by atoms with E-state index in [0.29, 0.717) is 5.69 Å². The molecule has 0 aromatic carbocycles. The van der Waals surface area contributed by atoms with Crippen LogP contribution in [0, 0.1) is 0 Å². The number of hydrogen-bond acceptors (Lipinski definition) is 4. The molecule has 1 aromatic heterocycles. The molecule has 2 N–H and O–H groups in total. The maximum atomic E-state index is 10.6. The molecule has 1 atom stereocenters. The smallest absolute Gasteiger partial charge is 0.211 e. The Morgan fingerprint density at radius 2 is 2.29 bits per heavy atom. The summed E-state index contributed by atoms with van der Waals surface area (Å²) in [4.78, 5) is 10.6. The summed E-state index contributed by atoms with van der Waals surface area (Å²) in [6, 6.07) is 1.91. The average molecular weight is 197 g/mol. The molecule has 5 nitrogen and oxygen atoms in total. The SMILES string of the molecule is CC(C(=O)[O-])[n+]1cc(O)ccc1CO. The minimum Gasteiger partial charge on any atom is -0.543 e. The van der Waals surface area contributed by atoms with Gasteiger partial charge in [0.2, 0.25) is 11.9 Å². The summed E-state index contributed by atoms with van der Waals surface area (Å²) in [6.45, 7) is 1.12. The number of hydrogen-bond donors (Lipinski definition) is 2. The highest BCUT2D eigenvalue weighted by atomic mass is 16.4.